The van der Waals surface area contributed by atoms with Gasteiger partial charge in [-0.2, -0.15) is 0 Å². The van der Waals surface area contributed by atoms with E-state index >= 15 is 0 Å². The number of carbonyl (C=O) groups excluding carboxylic acids is 1. The van der Waals surface area contributed by atoms with Gasteiger partial charge in [0.25, 0.3) is 0 Å². The van der Waals surface area contributed by atoms with Crippen LogP contribution in [0.25, 0.3) is 10.9 Å². The molecule has 0 aliphatic carbocycles. The molecule has 0 fully saturated rings. The van der Waals surface area contributed by atoms with Crippen LogP contribution in [0.15, 0.2) is 54.7 Å². The third-order valence-corrected chi connectivity index (χ3v) is 3.95. The topological polar surface area (TPSA) is 31.2 Å². The Morgan fingerprint density at radius 3 is 2.43 bits per heavy atom. The van der Waals surface area contributed by atoms with Gasteiger partial charge in [-0.25, -0.2) is 0 Å². The van der Waals surface area contributed by atoms with Crippen LogP contribution in [-0.4, -0.2) is 17.5 Å². The zero-order chi connectivity index (χ0) is 16.4. The van der Waals surface area contributed by atoms with Gasteiger partial charge in [-0.05, 0) is 36.2 Å². The number of methoxy groups -OCH3 is 1. The lowest BCUT2D eigenvalue weighted by molar-refractivity contribution is 0.104. The highest BCUT2D eigenvalue weighted by atomic mass is 16.5. The van der Waals surface area contributed by atoms with Crippen LogP contribution in [0, 0.1) is 5.92 Å². The molecule has 3 nitrogen and oxygen atoms in total. The van der Waals surface area contributed by atoms with Gasteiger partial charge in [-0.1, -0.05) is 32.0 Å². The Balaban J connectivity index is 2.05. The van der Waals surface area contributed by atoms with Crippen molar-refractivity contribution in [3.05, 3.63) is 65.9 Å². The summed E-state index contributed by atoms with van der Waals surface area (Å²) >= 11 is 0. The molecule has 2 aromatic carbocycles. The number of ketones is 1. The third kappa shape index (κ3) is 3.00. The molecule has 0 radical (unpaired) electrons. The van der Waals surface area contributed by atoms with E-state index in [0.717, 1.165) is 28.8 Å². The second-order valence-electron chi connectivity index (χ2n) is 6.16. The van der Waals surface area contributed by atoms with Crippen LogP contribution in [0.4, 0.5) is 0 Å². The molecule has 0 saturated heterocycles. The minimum absolute atomic E-state index is 0.0476. The quantitative estimate of drug-likeness (QED) is 0.648. The van der Waals surface area contributed by atoms with Crippen molar-refractivity contribution in [3.8, 4) is 5.75 Å². The van der Waals surface area contributed by atoms with E-state index < -0.39 is 0 Å². The van der Waals surface area contributed by atoms with Gasteiger partial charge in [-0.15, -0.1) is 0 Å². The molecule has 0 saturated carbocycles. The lowest BCUT2D eigenvalue weighted by atomic mass is 10.0. The van der Waals surface area contributed by atoms with Gasteiger partial charge >= 0.3 is 0 Å². The van der Waals surface area contributed by atoms with Gasteiger partial charge < -0.3 is 9.30 Å². The summed E-state index contributed by atoms with van der Waals surface area (Å²) in [7, 11) is 1.62. The fourth-order valence-corrected chi connectivity index (χ4v) is 2.87. The summed E-state index contributed by atoms with van der Waals surface area (Å²) in [5.41, 5.74) is 2.54. The molecule has 0 spiro atoms. The molecule has 118 valence electrons. The van der Waals surface area contributed by atoms with E-state index in [1.807, 2.05) is 48.7 Å². The zero-order valence-corrected chi connectivity index (χ0v) is 13.7. The Hall–Kier alpha value is -2.55. The van der Waals surface area contributed by atoms with Crippen LogP contribution in [0.2, 0.25) is 0 Å². The highest BCUT2D eigenvalue weighted by Gasteiger charge is 2.17. The second-order valence-corrected chi connectivity index (χ2v) is 6.16. The molecule has 23 heavy (non-hydrogen) atoms. The third-order valence-electron chi connectivity index (χ3n) is 3.95. The van der Waals surface area contributed by atoms with Gasteiger partial charge in [0.05, 0.1) is 7.11 Å². The summed E-state index contributed by atoms with van der Waals surface area (Å²) in [6, 6.07) is 15.4. The fourth-order valence-electron chi connectivity index (χ4n) is 2.87. The number of benzene rings is 2. The Morgan fingerprint density at radius 2 is 1.78 bits per heavy atom. The second kappa shape index (κ2) is 6.29. The largest absolute Gasteiger partial charge is 0.497 e. The molecule has 0 N–H and O–H groups in total. The van der Waals surface area contributed by atoms with Gasteiger partial charge in [0.2, 0.25) is 0 Å². The summed E-state index contributed by atoms with van der Waals surface area (Å²) in [5, 5.41) is 1.01. The van der Waals surface area contributed by atoms with Crippen molar-refractivity contribution in [1.82, 2.24) is 4.57 Å². The van der Waals surface area contributed by atoms with Crippen molar-refractivity contribution in [2.24, 2.45) is 5.92 Å². The number of carbonyl (C=O) groups is 1. The molecule has 1 aromatic heterocycles. The first kappa shape index (κ1) is 15.3. The summed E-state index contributed by atoms with van der Waals surface area (Å²) in [5.74, 6) is 1.32. The monoisotopic (exact) mass is 307 g/mol. The summed E-state index contributed by atoms with van der Waals surface area (Å²) in [6.45, 7) is 5.26. The fraction of sp³-hybridized carbons (Fsp3) is 0.250. The number of nitrogens with zero attached hydrogens (tertiary/aromatic N) is 1. The Morgan fingerprint density at radius 1 is 1.09 bits per heavy atom. The first-order valence-corrected chi connectivity index (χ1v) is 7.86. The average Bonchev–Trinajstić information content (AvgIpc) is 2.92. The minimum Gasteiger partial charge on any atom is -0.497 e. The molecule has 3 aromatic rings. The van der Waals surface area contributed by atoms with Gasteiger partial charge in [-0.3, -0.25) is 4.79 Å². The lowest BCUT2D eigenvalue weighted by Crippen LogP contribution is -2.03. The predicted octanol–water partition coefficient (Wildman–Crippen LogP) is 4.54. The smallest absolute Gasteiger partial charge is 0.195 e. The number of hydrogen-bond acceptors (Lipinski definition) is 2. The van der Waals surface area contributed by atoms with Crippen molar-refractivity contribution < 1.29 is 9.53 Å². The summed E-state index contributed by atoms with van der Waals surface area (Å²) in [4.78, 5) is 12.9. The van der Waals surface area contributed by atoms with Crippen LogP contribution in [0.1, 0.15) is 29.8 Å². The molecule has 0 amide bonds. The normalized spacial score (nSPS) is 11.1. The van der Waals surface area contributed by atoms with Crippen molar-refractivity contribution in [1.29, 1.82) is 0 Å². The number of para-hydroxylation sites is 1. The Labute approximate surface area is 136 Å². The van der Waals surface area contributed by atoms with Crippen molar-refractivity contribution in [3.63, 3.8) is 0 Å². The first-order valence-electron chi connectivity index (χ1n) is 7.86. The van der Waals surface area contributed by atoms with Crippen molar-refractivity contribution in [2.75, 3.05) is 7.11 Å². The Bertz CT molecular complexity index is 828. The van der Waals surface area contributed by atoms with E-state index in [2.05, 4.69) is 24.5 Å². The number of ether oxygens (including phenoxy) is 1. The number of aromatic nitrogens is 1. The van der Waals surface area contributed by atoms with Crippen molar-refractivity contribution >= 4 is 16.7 Å². The molecule has 0 atom stereocenters. The van der Waals surface area contributed by atoms with Crippen LogP contribution < -0.4 is 4.74 Å². The number of fused-ring (bicyclic) bond motifs is 1. The predicted molar refractivity (Wildman–Crippen MR) is 93.2 cm³/mol. The number of rotatable bonds is 5. The average molecular weight is 307 g/mol. The van der Waals surface area contributed by atoms with Gasteiger partial charge in [0.15, 0.2) is 5.78 Å². The molecular formula is C20H21NO2. The van der Waals surface area contributed by atoms with E-state index in [0.29, 0.717) is 11.5 Å². The molecular weight excluding hydrogens is 286 g/mol. The molecule has 0 aliphatic heterocycles. The van der Waals surface area contributed by atoms with E-state index in [9.17, 15) is 4.79 Å². The standard InChI is InChI=1S/C20H21NO2/c1-14(2)12-21-13-18(17-6-4-5-7-19(17)21)20(22)15-8-10-16(23-3)11-9-15/h4-11,13-14H,12H2,1-3H3. The minimum atomic E-state index is 0.0476. The lowest BCUT2D eigenvalue weighted by Gasteiger charge is -2.07. The zero-order valence-electron chi connectivity index (χ0n) is 13.7. The first-order chi connectivity index (χ1) is 11.1. The Kier molecular flexibility index (Phi) is 4.20. The maximum absolute atomic E-state index is 12.9. The molecule has 1 heterocycles. The van der Waals surface area contributed by atoms with Crippen molar-refractivity contribution in [2.45, 2.75) is 20.4 Å². The van der Waals surface area contributed by atoms with E-state index in [1.54, 1.807) is 7.11 Å². The van der Waals surface area contributed by atoms with Gasteiger partial charge in [0, 0.05) is 34.8 Å². The summed E-state index contributed by atoms with van der Waals surface area (Å²) in [6.07, 6.45) is 1.98. The van der Waals surface area contributed by atoms with Crippen LogP contribution >= 0.6 is 0 Å². The summed E-state index contributed by atoms with van der Waals surface area (Å²) < 4.78 is 7.33. The number of hydrogen-bond donors (Lipinski definition) is 0. The highest BCUT2D eigenvalue weighted by Crippen LogP contribution is 2.25. The van der Waals surface area contributed by atoms with Crippen LogP contribution in [0.3, 0.4) is 0 Å². The van der Waals surface area contributed by atoms with E-state index in [4.69, 9.17) is 4.74 Å². The SMILES string of the molecule is COc1ccc(C(=O)c2cn(CC(C)C)c3ccccc23)cc1. The highest BCUT2D eigenvalue weighted by molar-refractivity contribution is 6.16. The molecule has 0 bridgehead atoms. The van der Waals surface area contributed by atoms with E-state index in [1.165, 1.54) is 0 Å². The van der Waals surface area contributed by atoms with E-state index in [-0.39, 0.29) is 5.78 Å². The maximum Gasteiger partial charge on any atom is 0.195 e. The molecule has 3 rings (SSSR count). The maximum atomic E-state index is 12.9. The molecule has 3 heteroatoms. The molecule has 0 unspecified atom stereocenters. The van der Waals surface area contributed by atoms with Crippen LogP contribution in [0.5, 0.6) is 5.75 Å². The van der Waals surface area contributed by atoms with Crippen LogP contribution in [-0.2, 0) is 6.54 Å². The molecule has 0 aliphatic rings. The van der Waals surface area contributed by atoms with Gasteiger partial charge in [0.1, 0.15) is 5.75 Å².